The normalized spacial score (nSPS) is 12.7. The zero-order valence-corrected chi connectivity index (χ0v) is 25.6. The van der Waals surface area contributed by atoms with Gasteiger partial charge in [0.25, 0.3) is 0 Å². The van der Waals surface area contributed by atoms with Crippen molar-refractivity contribution in [3.63, 3.8) is 0 Å². The maximum absolute atomic E-state index is 14.1. The van der Waals surface area contributed by atoms with E-state index in [1.54, 1.807) is 32.9 Å². The molecule has 0 radical (unpaired) electrons. The fourth-order valence-electron chi connectivity index (χ4n) is 4.86. The van der Waals surface area contributed by atoms with Crippen molar-refractivity contribution in [2.75, 3.05) is 29.6 Å². The molecule has 0 aliphatic heterocycles. The Balaban J connectivity index is 1.97. The number of hydrogen-bond acceptors (Lipinski definition) is 4. The first-order valence-corrected chi connectivity index (χ1v) is 14.7. The van der Waals surface area contributed by atoms with Crippen LogP contribution in [-0.4, -0.2) is 52.1 Å². The van der Waals surface area contributed by atoms with Crippen LogP contribution in [0.4, 0.5) is 11.4 Å². The van der Waals surface area contributed by atoms with Crippen LogP contribution in [0.5, 0.6) is 0 Å². The van der Waals surface area contributed by atoms with Crippen LogP contribution >= 0.6 is 23.2 Å². The molecule has 1 heterocycles. The molecule has 2 aromatic carbocycles. The van der Waals surface area contributed by atoms with E-state index in [2.05, 4.69) is 18.9 Å². The van der Waals surface area contributed by atoms with Crippen molar-refractivity contribution >= 4 is 46.4 Å². The van der Waals surface area contributed by atoms with Crippen LogP contribution in [0.15, 0.2) is 54.9 Å². The maximum atomic E-state index is 14.1. The van der Waals surface area contributed by atoms with E-state index in [0.29, 0.717) is 19.8 Å². The smallest absolute Gasteiger partial charge is 0.248 e. The van der Waals surface area contributed by atoms with E-state index in [9.17, 15) is 9.59 Å². The number of amides is 2. The molecule has 1 aromatic heterocycles. The summed E-state index contributed by atoms with van der Waals surface area (Å²) in [6.45, 7) is 11.4. The van der Waals surface area contributed by atoms with Gasteiger partial charge in [0.15, 0.2) is 0 Å². The summed E-state index contributed by atoms with van der Waals surface area (Å²) in [7, 11) is 0. The van der Waals surface area contributed by atoms with Gasteiger partial charge in [-0.1, -0.05) is 57.2 Å². The monoisotopic (exact) mass is 586 g/mol. The lowest BCUT2D eigenvalue weighted by Gasteiger charge is -2.32. The van der Waals surface area contributed by atoms with E-state index in [4.69, 9.17) is 27.9 Å². The number of anilines is 2. The Bertz CT molecular complexity index is 1220. The molecular weight excluding hydrogens is 547 g/mol. The average Bonchev–Trinajstić information content (AvgIpc) is 3.48. The van der Waals surface area contributed by atoms with Crippen molar-refractivity contribution in [3.05, 3.63) is 77.1 Å². The molecule has 3 aromatic rings. The molecule has 3 rings (SSSR count). The van der Waals surface area contributed by atoms with E-state index < -0.39 is 22.6 Å². The summed E-state index contributed by atoms with van der Waals surface area (Å²) in [6, 6.07) is 13.6. The molecule has 7 nitrogen and oxygen atoms in total. The second-order valence-corrected chi connectivity index (χ2v) is 10.7. The van der Waals surface area contributed by atoms with Gasteiger partial charge in [-0.05, 0) is 61.4 Å². The standard InChI is InChI=1S/C31H40Cl2N4O3/c1-6-19-40-20-18-36(29-24(7-2)14-10-15-25(29)8-3)30(38)26(32)27(33)31(39)37(21-35-17-11-16-34-35)28-22(4)12-9-13-23(28)5/h9-17,26-27H,6-8,18-21H2,1-5H3. The van der Waals surface area contributed by atoms with Crippen LogP contribution in [0.2, 0.25) is 0 Å². The number of carbonyl (C=O) groups excluding carboxylic acids is 2. The number of rotatable bonds is 14. The van der Waals surface area contributed by atoms with E-state index in [1.165, 1.54) is 0 Å². The minimum atomic E-state index is -1.32. The van der Waals surface area contributed by atoms with Crippen molar-refractivity contribution in [2.24, 2.45) is 0 Å². The van der Waals surface area contributed by atoms with Crippen LogP contribution in [0.1, 0.15) is 49.4 Å². The summed E-state index contributed by atoms with van der Waals surface area (Å²) in [6.07, 6.45) is 5.77. The molecule has 0 aliphatic rings. The lowest BCUT2D eigenvalue weighted by Crippen LogP contribution is -2.49. The highest BCUT2D eigenvalue weighted by Crippen LogP contribution is 2.31. The number of para-hydroxylation sites is 2. The number of alkyl halides is 2. The van der Waals surface area contributed by atoms with E-state index in [1.807, 2.05) is 57.2 Å². The first kappa shape index (κ1) is 31.7. The second kappa shape index (κ2) is 15.2. The molecule has 2 amide bonds. The fraction of sp³-hybridized carbons (Fsp3) is 0.452. The van der Waals surface area contributed by atoms with Gasteiger partial charge in [0, 0.05) is 25.5 Å². The summed E-state index contributed by atoms with van der Waals surface area (Å²) in [4.78, 5) is 31.3. The number of benzene rings is 2. The van der Waals surface area contributed by atoms with Gasteiger partial charge in [-0.2, -0.15) is 5.10 Å². The topological polar surface area (TPSA) is 67.7 Å². The largest absolute Gasteiger partial charge is 0.380 e. The number of halogens is 2. The van der Waals surface area contributed by atoms with Gasteiger partial charge in [-0.25, -0.2) is 0 Å². The van der Waals surface area contributed by atoms with Gasteiger partial charge in [-0.15, -0.1) is 23.2 Å². The Morgan fingerprint density at radius 3 is 1.95 bits per heavy atom. The van der Waals surface area contributed by atoms with Crippen LogP contribution in [-0.2, 0) is 33.8 Å². The molecule has 0 spiro atoms. The number of aryl methyl sites for hydroxylation is 4. The van der Waals surface area contributed by atoms with E-state index in [0.717, 1.165) is 52.9 Å². The summed E-state index contributed by atoms with van der Waals surface area (Å²) < 4.78 is 7.39. The maximum Gasteiger partial charge on any atom is 0.248 e. The molecule has 9 heteroatoms. The SMILES string of the molecule is CCCOCCN(C(=O)C(Cl)C(Cl)C(=O)N(Cn1cccn1)c1c(C)cccc1C)c1c(CC)cccc1CC. The molecule has 2 unspecified atom stereocenters. The van der Waals surface area contributed by atoms with Crippen molar-refractivity contribution in [1.82, 2.24) is 9.78 Å². The van der Waals surface area contributed by atoms with Gasteiger partial charge < -0.3 is 9.64 Å². The predicted octanol–water partition coefficient (Wildman–Crippen LogP) is 6.29. The number of nitrogens with zero attached hydrogens (tertiary/aromatic N) is 4. The summed E-state index contributed by atoms with van der Waals surface area (Å²) >= 11 is 13.6. The second-order valence-electron chi connectivity index (χ2n) is 9.73. The van der Waals surface area contributed by atoms with Crippen LogP contribution in [0.3, 0.4) is 0 Å². The van der Waals surface area contributed by atoms with E-state index in [-0.39, 0.29) is 6.67 Å². The Labute approximate surface area is 248 Å². The summed E-state index contributed by atoms with van der Waals surface area (Å²) in [5, 5.41) is 1.65. The Hall–Kier alpha value is -2.87. The fourth-order valence-corrected chi connectivity index (χ4v) is 5.31. The van der Waals surface area contributed by atoms with Crippen molar-refractivity contribution in [1.29, 1.82) is 0 Å². The minimum absolute atomic E-state index is 0.131. The van der Waals surface area contributed by atoms with Gasteiger partial charge in [0.2, 0.25) is 11.8 Å². The first-order chi connectivity index (χ1) is 19.2. The van der Waals surface area contributed by atoms with Crippen molar-refractivity contribution < 1.29 is 14.3 Å². The van der Waals surface area contributed by atoms with Crippen LogP contribution in [0, 0.1) is 13.8 Å². The molecule has 0 saturated heterocycles. The molecule has 2 atom stereocenters. The van der Waals surface area contributed by atoms with E-state index >= 15 is 0 Å². The van der Waals surface area contributed by atoms with Crippen molar-refractivity contribution in [2.45, 2.75) is 71.3 Å². The molecule has 40 heavy (non-hydrogen) atoms. The number of carbonyl (C=O) groups is 2. The highest BCUT2D eigenvalue weighted by Gasteiger charge is 2.38. The Kier molecular flexibility index (Phi) is 12.0. The van der Waals surface area contributed by atoms with Crippen molar-refractivity contribution in [3.8, 4) is 0 Å². The zero-order valence-electron chi connectivity index (χ0n) is 24.1. The number of aromatic nitrogens is 2. The first-order valence-electron chi connectivity index (χ1n) is 13.9. The lowest BCUT2D eigenvalue weighted by molar-refractivity contribution is -0.123. The summed E-state index contributed by atoms with van der Waals surface area (Å²) in [5.74, 6) is -0.893. The van der Waals surface area contributed by atoms with Gasteiger partial charge >= 0.3 is 0 Å². The van der Waals surface area contributed by atoms with Gasteiger partial charge in [-0.3, -0.25) is 19.2 Å². The molecule has 0 fully saturated rings. The average molecular weight is 588 g/mol. The molecule has 216 valence electrons. The molecule has 0 N–H and O–H groups in total. The lowest BCUT2D eigenvalue weighted by atomic mass is 10.0. The molecular formula is C31H40Cl2N4O3. The van der Waals surface area contributed by atoms with Gasteiger partial charge in [0.05, 0.1) is 18.0 Å². The minimum Gasteiger partial charge on any atom is -0.380 e. The third-order valence-electron chi connectivity index (χ3n) is 6.86. The molecule has 0 saturated carbocycles. The quantitative estimate of drug-likeness (QED) is 0.164. The molecule has 0 bridgehead atoms. The predicted molar refractivity (Wildman–Crippen MR) is 164 cm³/mol. The van der Waals surface area contributed by atoms with Crippen LogP contribution in [0.25, 0.3) is 0 Å². The highest BCUT2D eigenvalue weighted by atomic mass is 35.5. The third kappa shape index (κ3) is 7.45. The third-order valence-corrected chi connectivity index (χ3v) is 7.86. The molecule has 0 aliphatic carbocycles. The number of ether oxygens (including phenoxy) is 1. The Morgan fingerprint density at radius 2 is 1.43 bits per heavy atom. The Morgan fingerprint density at radius 1 is 0.850 bits per heavy atom. The van der Waals surface area contributed by atoms with Gasteiger partial charge in [0.1, 0.15) is 17.4 Å². The summed E-state index contributed by atoms with van der Waals surface area (Å²) in [5.41, 5.74) is 5.41. The zero-order chi connectivity index (χ0) is 29.2. The highest BCUT2D eigenvalue weighted by molar-refractivity contribution is 6.45. The van der Waals surface area contributed by atoms with Crippen LogP contribution < -0.4 is 9.80 Å². The number of hydrogen-bond donors (Lipinski definition) is 0.